The molecule has 11 heteroatoms. The third kappa shape index (κ3) is 8.42. The summed E-state index contributed by atoms with van der Waals surface area (Å²) in [4.78, 5) is 31.3. The minimum Gasteiger partial charge on any atom is -0.497 e. The van der Waals surface area contributed by atoms with Crippen molar-refractivity contribution in [3.8, 4) is 5.75 Å². The molecule has 0 bridgehead atoms. The third-order valence-electron chi connectivity index (χ3n) is 7.29. The molecule has 2 aliphatic heterocycles. The van der Waals surface area contributed by atoms with Crippen LogP contribution in [0.5, 0.6) is 5.75 Å². The summed E-state index contributed by atoms with van der Waals surface area (Å²) in [5, 5.41) is 9.66. The molecule has 0 saturated carbocycles. The number of benzene rings is 2. The summed E-state index contributed by atoms with van der Waals surface area (Å²) in [6.07, 6.45) is 2.74. The van der Waals surface area contributed by atoms with Crippen molar-refractivity contribution in [2.75, 3.05) is 44.7 Å². The monoisotopic (exact) mass is 582 g/mol. The smallest absolute Gasteiger partial charge is 0.325 e. The Labute approximate surface area is 247 Å². The number of nitrogens with two attached hydrogens (primary N) is 1. The average Bonchev–Trinajstić information content (AvgIpc) is 2.98. The second-order valence-corrected chi connectivity index (χ2v) is 11.7. The lowest BCUT2D eigenvalue weighted by atomic mass is 10.0. The van der Waals surface area contributed by atoms with E-state index in [0.29, 0.717) is 31.4 Å². The van der Waals surface area contributed by atoms with Gasteiger partial charge in [-0.1, -0.05) is 6.07 Å². The molecule has 1 amide bonds. The van der Waals surface area contributed by atoms with E-state index in [4.69, 9.17) is 15.2 Å². The van der Waals surface area contributed by atoms with E-state index in [1.807, 2.05) is 17.0 Å². The van der Waals surface area contributed by atoms with Crippen LogP contribution in [0.25, 0.3) is 0 Å². The molecule has 1 atom stereocenters. The van der Waals surface area contributed by atoms with E-state index in [-0.39, 0.29) is 12.1 Å². The van der Waals surface area contributed by atoms with E-state index in [1.165, 1.54) is 6.07 Å². The molecule has 2 aromatic carbocycles. The van der Waals surface area contributed by atoms with Crippen LogP contribution in [0.4, 0.5) is 10.1 Å². The van der Waals surface area contributed by atoms with Crippen molar-refractivity contribution < 1.29 is 23.5 Å². The molecule has 2 aromatic rings. The largest absolute Gasteiger partial charge is 0.497 e. The fourth-order valence-corrected chi connectivity index (χ4v) is 5.02. The number of esters is 1. The Morgan fingerprint density at radius 3 is 2.60 bits per heavy atom. The maximum Gasteiger partial charge on any atom is 0.325 e. The minimum atomic E-state index is -1.01. The van der Waals surface area contributed by atoms with Gasteiger partial charge in [0.2, 0.25) is 0 Å². The van der Waals surface area contributed by atoms with Gasteiger partial charge in [-0.25, -0.2) is 4.39 Å². The summed E-state index contributed by atoms with van der Waals surface area (Å²) in [5.41, 5.74) is 7.99. The van der Waals surface area contributed by atoms with Gasteiger partial charge in [-0.15, -0.1) is 0 Å². The van der Waals surface area contributed by atoms with Gasteiger partial charge in [0.25, 0.3) is 5.91 Å². The molecular formula is C31H43FN6O4. The van der Waals surface area contributed by atoms with Crippen LogP contribution in [-0.2, 0) is 16.1 Å². The number of carbonyl (C=O) groups excluding carboxylic acids is 2. The Morgan fingerprint density at radius 1 is 1.19 bits per heavy atom. The van der Waals surface area contributed by atoms with Crippen LogP contribution in [-0.4, -0.2) is 75.2 Å². The highest BCUT2D eigenvalue weighted by molar-refractivity contribution is 6.00. The van der Waals surface area contributed by atoms with E-state index in [2.05, 4.69) is 27.0 Å². The normalized spacial score (nSPS) is 16.7. The topological polar surface area (TPSA) is 130 Å². The number of carbonyl (C=O) groups is 2. The fourth-order valence-electron chi connectivity index (χ4n) is 5.02. The molecule has 2 heterocycles. The summed E-state index contributed by atoms with van der Waals surface area (Å²) in [7, 11) is 1.66. The van der Waals surface area contributed by atoms with Crippen LogP contribution < -0.4 is 31.3 Å². The zero-order valence-electron chi connectivity index (χ0n) is 25.0. The van der Waals surface area contributed by atoms with E-state index >= 15 is 4.39 Å². The van der Waals surface area contributed by atoms with Crippen LogP contribution >= 0.6 is 0 Å². The van der Waals surface area contributed by atoms with E-state index in [0.717, 1.165) is 55.1 Å². The molecule has 10 nitrogen and oxygen atoms in total. The van der Waals surface area contributed by atoms with Gasteiger partial charge in [-0.2, -0.15) is 0 Å². The first kappa shape index (κ1) is 31.2. The second kappa shape index (κ2) is 14.0. The summed E-state index contributed by atoms with van der Waals surface area (Å²) < 4.78 is 25.8. The summed E-state index contributed by atoms with van der Waals surface area (Å²) in [5.74, 6) is 0.128. The zero-order valence-corrected chi connectivity index (χ0v) is 25.0. The Hall–Kier alpha value is -3.70. The lowest BCUT2D eigenvalue weighted by Crippen LogP contribution is -2.45. The molecule has 1 saturated heterocycles. The predicted molar refractivity (Wildman–Crippen MR) is 162 cm³/mol. The summed E-state index contributed by atoms with van der Waals surface area (Å²) in [6, 6.07) is 9.79. The van der Waals surface area contributed by atoms with Crippen molar-refractivity contribution in [3.63, 3.8) is 0 Å². The number of nitrogens with one attached hydrogen (secondary N) is 3. The Kier molecular flexibility index (Phi) is 10.4. The standard InChI is InChI=1S/C31H43FN6O4/c1-31(2,3)42-30(40)26(33)19-37-29(39)20-7-9-27(25(32)16-20)38-14-10-22(11-15-38)36-18-21-6-8-23(41-4)17-24(21)28-34-12-5-13-35-28/h6-9,16-17,22,26,36H,5,10-15,18-19,33H2,1-4H3,(H,34,35)(H,37,39)/t26-/m0/s1. The average molecular weight is 583 g/mol. The molecular weight excluding hydrogens is 539 g/mol. The van der Waals surface area contributed by atoms with Crippen LogP contribution in [0.15, 0.2) is 41.4 Å². The van der Waals surface area contributed by atoms with Crippen molar-refractivity contribution >= 4 is 23.4 Å². The van der Waals surface area contributed by atoms with Gasteiger partial charge in [-0.05, 0) is 75.9 Å². The van der Waals surface area contributed by atoms with Gasteiger partial charge in [0, 0.05) is 56.4 Å². The molecule has 0 spiro atoms. The molecule has 4 rings (SSSR count). The first-order valence-electron chi connectivity index (χ1n) is 14.5. The highest BCUT2D eigenvalue weighted by Crippen LogP contribution is 2.25. The maximum absolute atomic E-state index is 15.1. The summed E-state index contributed by atoms with van der Waals surface area (Å²) in [6.45, 7) is 8.90. The number of amides is 1. The number of halogens is 1. The van der Waals surface area contributed by atoms with Gasteiger partial charge in [-0.3, -0.25) is 14.6 Å². The fraction of sp³-hybridized carbons (Fsp3) is 0.516. The van der Waals surface area contributed by atoms with Crippen LogP contribution in [0.2, 0.25) is 0 Å². The molecule has 0 unspecified atom stereocenters. The lowest BCUT2D eigenvalue weighted by molar-refractivity contribution is -0.156. The van der Waals surface area contributed by atoms with Crippen molar-refractivity contribution in [1.29, 1.82) is 0 Å². The van der Waals surface area contributed by atoms with E-state index in [1.54, 1.807) is 40.0 Å². The van der Waals surface area contributed by atoms with Gasteiger partial charge in [0.1, 0.15) is 29.0 Å². The molecule has 0 radical (unpaired) electrons. The molecule has 0 aliphatic carbocycles. The zero-order chi connectivity index (χ0) is 30.3. The number of methoxy groups -OCH3 is 1. The van der Waals surface area contributed by atoms with Gasteiger partial charge in [0.15, 0.2) is 0 Å². The van der Waals surface area contributed by atoms with Gasteiger partial charge in [0.05, 0.1) is 12.8 Å². The Morgan fingerprint density at radius 2 is 1.95 bits per heavy atom. The van der Waals surface area contributed by atoms with Crippen molar-refractivity contribution in [2.24, 2.45) is 10.7 Å². The molecule has 228 valence electrons. The quantitative estimate of drug-likeness (QED) is 0.315. The number of amidine groups is 1. The van der Waals surface area contributed by atoms with Crippen molar-refractivity contribution in [1.82, 2.24) is 16.0 Å². The van der Waals surface area contributed by atoms with E-state index in [9.17, 15) is 9.59 Å². The molecule has 2 aliphatic rings. The number of aliphatic imine (C=N–C) groups is 1. The third-order valence-corrected chi connectivity index (χ3v) is 7.29. The first-order valence-corrected chi connectivity index (χ1v) is 14.5. The minimum absolute atomic E-state index is 0.111. The van der Waals surface area contributed by atoms with Crippen LogP contribution in [0.1, 0.15) is 61.5 Å². The van der Waals surface area contributed by atoms with Crippen molar-refractivity contribution in [2.45, 2.75) is 64.3 Å². The van der Waals surface area contributed by atoms with Crippen LogP contribution in [0, 0.1) is 5.82 Å². The molecule has 42 heavy (non-hydrogen) atoms. The molecule has 5 N–H and O–H groups in total. The van der Waals surface area contributed by atoms with Crippen LogP contribution in [0.3, 0.4) is 0 Å². The number of anilines is 1. The number of hydrogen-bond donors (Lipinski definition) is 4. The second-order valence-electron chi connectivity index (χ2n) is 11.7. The Balaban J connectivity index is 1.28. The van der Waals surface area contributed by atoms with Crippen molar-refractivity contribution in [3.05, 3.63) is 58.9 Å². The van der Waals surface area contributed by atoms with E-state index < -0.39 is 29.3 Å². The number of hydrogen-bond acceptors (Lipinski definition) is 9. The predicted octanol–water partition coefficient (Wildman–Crippen LogP) is 2.73. The number of piperidine rings is 1. The lowest BCUT2D eigenvalue weighted by Gasteiger charge is -2.34. The molecule has 1 fully saturated rings. The summed E-state index contributed by atoms with van der Waals surface area (Å²) >= 11 is 0. The molecule has 0 aromatic heterocycles. The highest BCUT2D eigenvalue weighted by atomic mass is 19.1. The van der Waals surface area contributed by atoms with Gasteiger partial charge < -0.3 is 36.1 Å². The maximum atomic E-state index is 15.1. The first-order chi connectivity index (χ1) is 20.0. The Bertz CT molecular complexity index is 1290. The van der Waals surface area contributed by atoms with Gasteiger partial charge >= 0.3 is 5.97 Å². The highest BCUT2D eigenvalue weighted by Gasteiger charge is 2.25. The number of rotatable bonds is 10. The number of ether oxygens (including phenoxy) is 2. The SMILES string of the molecule is COc1ccc(CNC2CCN(c3ccc(C(=O)NC[C@H](N)C(=O)OC(C)(C)C)cc3F)CC2)c(C2=NCCCN2)c1. The number of nitrogens with zero attached hydrogens (tertiary/aromatic N) is 2.